The van der Waals surface area contributed by atoms with Crippen molar-refractivity contribution in [3.8, 4) is 11.5 Å². The molecule has 0 heterocycles. The largest absolute Gasteiger partial charge is 0.493 e. The lowest BCUT2D eigenvalue weighted by Gasteiger charge is -2.27. The van der Waals surface area contributed by atoms with Crippen molar-refractivity contribution in [2.75, 3.05) is 18.7 Å². The van der Waals surface area contributed by atoms with Crippen molar-refractivity contribution in [1.29, 1.82) is 0 Å². The second-order valence-corrected chi connectivity index (χ2v) is 10.9. The quantitative estimate of drug-likeness (QED) is 0.230. The van der Waals surface area contributed by atoms with Gasteiger partial charge in [0.2, 0.25) is 0 Å². The fourth-order valence-corrected chi connectivity index (χ4v) is 4.82. The van der Waals surface area contributed by atoms with Crippen LogP contribution in [0.15, 0.2) is 76.5 Å². The van der Waals surface area contributed by atoms with Gasteiger partial charge in [-0.15, -0.1) is 11.8 Å². The maximum Gasteiger partial charge on any atom is 0.416 e. The number of halogens is 3. The monoisotopic (exact) mass is 568 g/mol. The van der Waals surface area contributed by atoms with Crippen molar-refractivity contribution in [3.63, 3.8) is 0 Å². The molecule has 0 aliphatic rings. The summed E-state index contributed by atoms with van der Waals surface area (Å²) in [4.78, 5) is 14.9. The zero-order chi connectivity index (χ0) is 28.1. The molecule has 0 unspecified atom stereocenters. The van der Waals surface area contributed by atoms with Gasteiger partial charge in [-0.1, -0.05) is 12.1 Å². The molecule has 0 radical (unpaired) electrons. The Kier molecular flexibility index (Phi) is 9.21. The first-order chi connectivity index (χ1) is 17.8. The van der Waals surface area contributed by atoms with Crippen molar-refractivity contribution >= 4 is 33.6 Å². The van der Waals surface area contributed by atoms with Crippen LogP contribution in [0.2, 0.25) is 0 Å². The Hall–Kier alpha value is -3.38. The van der Waals surface area contributed by atoms with E-state index in [2.05, 4.69) is 5.32 Å². The summed E-state index contributed by atoms with van der Waals surface area (Å²) in [5.74, 6) is -0.169. The first kappa shape index (κ1) is 29.2. The summed E-state index contributed by atoms with van der Waals surface area (Å²) in [5, 5.41) is 2.84. The Morgan fingerprint density at radius 2 is 1.71 bits per heavy atom. The highest BCUT2D eigenvalue weighted by molar-refractivity contribution is 7.98. The van der Waals surface area contributed by atoms with Gasteiger partial charge in [0.1, 0.15) is 4.90 Å². The zero-order valence-corrected chi connectivity index (χ0v) is 22.7. The SMILES string of the molecule is COc1ccc(CN(C(=O)Nc2ccc(SC)cc2)C(C)C)cc1OS(=O)(=O)c1cccc(C(F)(F)F)c1. The second kappa shape index (κ2) is 12.0. The number of thioether (sulfide) groups is 1. The van der Waals surface area contributed by atoms with E-state index >= 15 is 0 Å². The number of hydrogen-bond acceptors (Lipinski definition) is 6. The second-order valence-electron chi connectivity index (χ2n) is 8.43. The Morgan fingerprint density at radius 3 is 2.29 bits per heavy atom. The van der Waals surface area contributed by atoms with Crippen LogP contribution < -0.4 is 14.2 Å². The third-order valence-electron chi connectivity index (χ3n) is 5.46. The standard InChI is InChI=1S/C26H27F3N2O5S2/c1-17(2)31(25(32)30-20-9-11-21(37-4)12-10-20)16-18-8-13-23(35-3)24(14-18)36-38(33,34)22-7-5-6-19(15-22)26(27,28)29/h5-15,17H,16H2,1-4H3,(H,30,32). The van der Waals surface area contributed by atoms with Crippen LogP contribution in [0.1, 0.15) is 25.0 Å². The van der Waals surface area contributed by atoms with Gasteiger partial charge >= 0.3 is 22.3 Å². The van der Waals surface area contributed by atoms with E-state index in [0.717, 1.165) is 23.1 Å². The predicted octanol–water partition coefficient (Wildman–Crippen LogP) is 6.65. The van der Waals surface area contributed by atoms with Gasteiger partial charge in [0.25, 0.3) is 0 Å². The molecule has 0 aliphatic heterocycles. The highest BCUT2D eigenvalue weighted by atomic mass is 32.2. The molecule has 0 fully saturated rings. The molecular formula is C26H27F3N2O5S2. The summed E-state index contributed by atoms with van der Waals surface area (Å²) in [6.45, 7) is 3.75. The molecule has 3 rings (SSSR count). The molecule has 12 heteroatoms. The molecule has 0 bridgehead atoms. The minimum Gasteiger partial charge on any atom is -0.493 e. The molecule has 0 atom stereocenters. The highest BCUT2D eigenvalue weighted by Gasteiger charge is 2.32. The number of alkyl halides is 3. The van der Waals surface area contributed by atoms with E-state index in [1.54, 1.807) is 30.0 Å². The van der Waals surface area contributed by atoms with E-state index in [0.29, 0.717) is 17.3 Å². The van der Waals surface area contributed by atoms with Crippen molar-refractivity contribution < 1.29 is 35.3 Å². The van der Waals surface area contributed by atoms with E-state index in [9.17, 15) is 26.4 Å². The number of carbonyl (C=O) groups excluding carboxylic acids is 1. The van der Waals surface area contributed by atoms with E-state index < -0.39 is 26.8 Å². The summed E-state index contributed by atoms with van der Waals surface area (Å²) in [5.41, 5.74) is 0.00979. The van der Waals surface area contributed by atoms with Crippen molar-refractivity contribution in [3.05, 3.63) is 77.9 Å². The number of carbonyl (C=O) groups is 1. The van der Waals surface area contributed by atoms with Gasteiger partial charge in [-0.05, 0) is 80.3 Å². The molecule has 0 aliphatic carbocycles. The summed E-state index contributed by atoms with van der Waals surface area (Å²) in [6, 6.07) is 14.5. The van der Waals surface area contributed by atoms with Crippen LogP contribution in [0.25, 0.3) is 0 Å². The fourth-order valence-electron chi connectivity index (χ4n) is 3.43. The minimum absolute atomic E-state index is 0.0544. The maximum atomic E-state index is 13.1. The first-order valence-corrected chi connectivity index (χ1v) is 14.0. The molecule has 0 saturated heterocycles. The molecule has 3 aromatic rings. The number of nitrogens with one attached hydrogen (secondary N) is 1. The Balaban J connectivity index is 1.85. The maximum absolute atomic E-state index is 13.1. The number of nitrogens with zero attached hydrogens (tertiary/aromatic N) is 1. The molecule has 2 amide bonds. The van der Waals surface area contributed by atoms with Crippen LogP contribution in [-0.2, 0) is 22.8 Å². The lowest BCUT2D eigenvalue weighted by molar-refractivity contribution is -0.137. The van der Waals surface area contributed by atoms with Crippen LogP contribution in [0.4, 0.5) is 23.7 Å². The smallest absolute Gasteiger partial charge is 0.416 e. The molecule has 0 aromatic heterocycles. The third kappa shape index (κ3) is 7.35. The Bertz CT molecular complexity index is 1380. The van der Waals surface area contributed by atoms with Crippen LogP contribution >= 0.6 is 11.8 Å². The number of amides is 2. The number of rotatable bonds is 9. The molecular weight excluding hydrogens is 541 g/mol. The van der Waals surface area contributed by atoms with Gasteiger partial charge in [0.15, 0.2) is 11.5 Å². The van der Waals surface area contributed by atoms with E-state index in [-0.39, 0.29) is 30.1 Å². The predicted molar refractivity (Wildman–Crippen MR) is 140 cm³/mol. The van der Waals surface area contributed by atoms with E-state index in [4.69, 9.17) is 8.92 Å². The Morgan fingerprint density at radius 1 is 1.03 bits per heavy atom. The molecule has 3 aromatic carbocycles. The van der Waals surface area contributed by atoms with Crippen LogP contribution in [0.5, 0.6) is 11.5 Å². The van der Waals surface area contributed by atoms with Crippen LogP contribution in [0, 0.1) is 0 Å². The third-order valence-corrected chi connectivity index (χ3v) is 7.43. The van der Waals surface area contributed by atoms with Gasteiger partial charge in [-0.2, -0.15) is 21.6 Å². The lowest BCUT2D eigenvalue weighted by Crippen LogP contribution is -2.39. The molecule has 0 spiro atoms. The van der Waals surface area contributed by atoms with Crippen LogP contribution in [0.3, 0.4) is 0 Å². The number of urea groups is 1. The highest BCUT2D eigenvalue weighted by Crippen LogP contribution is 2.34. The zero-order valence-electron chi connectivity index (χ0n) is 21.1. The molecule has 1 N–H and O–H groups in total. The number of ether oxygens (including phenoxy) is 1. The van der Waals surface area contributed by atoms with Gasteiger partial charge in [0, 0.05) is 23.2 Å². The van der Waals surface area contributed by atoms with Gasteiger partial charge in [-0.25, -0.2) is 4.79 Å². The first-order valence-electron chi connectivity index (χ1n) is 11.3. The normalized spacial score (nSPS) is 11.8. The van der Waals surface area contributed by atoms with Gasteiger partial charge < -0.3 is 19.1 Å². The number of methoxy groups -OCH3 is 1. The van der Waals surface area contributed by atoms with Crippen LogP contribution in [-0.4, -0.2) is 38.8 Å². The molecule has 7 nitrogen and oxygen atoms in total. The lowest BCUT2D eigenvalue weighted by atomic mass is 10.1. The Labute approximate surface area is 224 Å². The fraction of sp³-hybridized carbons (Fsp3) is 0.269. The molecule has 38 heavy (non-hydrogen) atoms. The number of hydrogen-bond donors (Lipinski definition) is 1. The average molecular weight is 569 g/mol. The van der Waals surface area contributed by atoms with Crippen molar-refractivity contribution in [2.24, 2.45) is 0 Å². The summed E-state index contributed by atoms with van der Waals surface area (Å²) in [7, 11) is -3.33. The number of anilines is 1. The average Bonchev–Trinajstić information content (AvgIpc) is 2.87. The summed E-state index contributed by atoms with van der Waals surface area (Å²) < 4.78 is 75.3. The van der Waals surface area contributed by atoms with Gasteiger partial charge in [0.05, 0.1) is 12.7 Å². The van der Waals surface area contributed by atoms with E-state index in [1.807, 2.05) is 32.2 Å². The topological polar surface area (TPSA) is 84.9 Å². The summed E-state index contributed by atoms with van der Waals surface area (Å²) in [6.07, 6.45) is -2.77. The van der Waals surface area contributed by atoms with Crippen molar-refractivity contribution in [2.45, 2.75) is 42.4 Å². The van der Waals surface area contributed by atoms with E-state index in [1.165, 1.54) is 24.1 Å². The number of benzene rings is 3. The molecule has 204 valence electrons. The van der Waals surface area contributed by atoms with Crippen molar-refractivity contribution in [1.82, 2.24) is 4.90 Å². The van der Waals surface area contributed by atoms with Gasteiger partial charge in [-0.3, -0.25) is 0 Å². The molecule has 0 saturated carbocycles. The minimum atomic E-state index is -4.72. The summed E-state index contributed by atoms with van der Waals surface area (Å²) >= 11 is 1.58.